The van der Waals surface area contributed by atoms with E-state index >= 15 is 0 Å². The first kappa shape index (κ1) is 16.6. The van der Waals surface area contributed by atoms with Gasteiger partial charge in [-0.1, -0.05) is 0 Å². The summed E-state index contributed by atoms with van der Waals surface area (Å²) in [5, 5.41) is 12.6. The van der Waals surface area contributed by atoms with Gasteiger partial charge in [-0.3, -0.25) is 5.32 Å². The van der Waals surface area contributed by atoms with Crippen molar-refractivity contribution in [3.8, 4) is 6.07 Å². The van der Waals surface area contributed by atoms with Gasteiger partial charge in [0.1, 0.15) is 5.54 Å². The first-order valence-electron chi connectivity index (χ1n) is 7.80. The summed E-state index contributed by atoms with van der Waals surface area (Å²) >= 11 is 0. The van der Waals surface area contributed by atoms with Crippen LogP contribution in [0.15, 0.2) is 0 Å². The van der Waals surface area contributed by atoms with E-state index in [0.717, 1.165) is 32.2 Å². The minimum Gasteiger partial charge on any atom is -0.303 e. The second-order valence-corrected chi connectivity index (χ2v) is 6.62. The van der Waals surface area contributed by atoms with Crippen molar-refractivity contribution in [2.24, 2.45) is 5.92 Å². The summed E-state index contributed by atoms with van der Waals surface area (Å²) in [6.07, 6.45) is 0.252. The van der Waals surface area contributed by atoms with Crippen molar-refractivity contribution in [2.45, 2.75) is 63.2 Å². The standard InChI is InChI=1S/C15H24F3N3/c1-14(11-19,20-13-3-4-13)7-2-8-21-9-5-12(6-10-21)15(16,17)18/h12-13,20H,2-10H2,1H3. The fourth-order valence-electron chi connectivity index (χ4n) is 2.98. The molecule has 1 saturated carbocycles. The number of likely N-dealkylation sites (tertiary alicyclic amines) is 1. The van der Waals surface area contributed by atoms with Crippen LogP contribution in [0.2, 0.25) is 0 Å². The van der Waals surface area contributed by atoms with Crippen LogP contribution in [-0.2, 0) is 0 Å². The van der Waals surface area contributed by atoms with E-state index in [1.54, 1.807) is 0 Å². The Hall–Kier alpha value is -0.800. The van der Waals surface area contributed by atoms with Crippen LogP contribution in [0.1, 0.15) is 45.4 Å². The molecule has 0 amide bonds. The normalized spacial score (nSPS) is 24.5. The molecule has 1 aliphatic heterocycles. The Morgan fingerprint density at radius 3 is 2.29 bits per heavy atom. The molecule has 0 aromatic heterocycles. The van der Waals surface area contributed by atoms with E-state index in [1.807, 2.05) is 6.92 Å². The Labute approximate surface area is 124 Å². The summed E-state index contributed by atoms with van der Waals surface area (Å²) in [5.74, 6) is -1.13. The SMILES string of the molecule is CC(C#N)(CCCN1CCC(C(F)(F)F)CC1)NC1CC1. The molecule has 0 bridgehead atoms. The van der Waals surface area contributed by atoms with Crippen LogP contribution in [0.5, 0.6) is 0 Å². The number of nitriles is 1. The lowest BCUT2D eigenvalue weighted by Gasteiger charge is -2.33. The smallest absolute Gasteiger partial charge is 0.303 e. The van der Waals surface area contributed by atoms with Crippen LogP contribution in [0.25, 0.3) is 0 Å². The zero-order chi connectivity index (χ0) is 15.5. The third-order valence-electron chi connectivity index (χ3n) is 4.55. The number of rotatable bonds is 6. The fourth-order valence-corrected chi connectivity index (χ4v) is 2.98. The van der Waals surface area contributed by atoms with Crippen molar-refractivity contribution < 1.29 is 13.2 Å². The van der Waals surface area contributed by atoms with Gasteiger partial charge in [-0.05, 0) is 65.1 Å². The predicted octanol–water partition coefficient (Wildman–Crippen LogP) is 3.08. The van der Waals surface area contributed by atoms with Crippen LogP contribution < -0.4 is 5.32 Å². The van der Waals surface area contributed by atoms with Gasteiger partial charge in [-0.25, -0.2) is 0 Å². The van der Waals surface area contributed by atoms with Gasteiger partial charge in [0, 0.05) is 6.04 Å². The molecular weight excluding hydrogens is 279 g/mol. The minimum atomic E-state index is -4.04. The highest BCUT2D eigenvalue weighted by Crippen LogP contribution is 2.34. The van der Waals surface area contributed by atoms with Crippen molar-refractivity contribution in [3.05, 3.63) is 0 Å². The van der Waals surface area contributed by atoms with Gasteiger partial charge in [0.25, 0.3) is 0 Å². The summed E-state index contributed by atoms with van der Waals surface area (Å²) in [7, 11) is 0. The molecule has 2 fully saturated rings. The molecule has 21 heavy (non-hydrogen) atoms. The largest absolute Gasteiger partial charge is 0.391 e. The first-order valence-corrected chi connectivity index (χ1v) is 7.80. The quantitative estimate of drug-likeness (QED) is 0.819. The zero-order valence-corrected chi connectivity index (χ0v) is 12.5. The number of nitrogens with one attached hydrogen (secondary N) is 1. The van der Waals surface area contributed by atoms with Crippen molar-refractivity contribution in [3.63, 3.8) is 0 Å². The molecule has 0 radical (unpaired) electrons. The molecular formula is C15H24F3N3. The van der Waals surface area contributed by atoms with E-state index in [9.17, 15) is 18.4 Å². The highest BCUT2D eigenvalue weighted by atomic mass is 19.4. The number of hydrogen-bond acceptors (Lipinski definition) is 3. The molecule has 0 aromatic carbocycles. The second kappa shape index (κ2) is 6.53. The van der Waals surface area contributed by atoms with Crippen LogP contribution in [-0.4, -0.2) is 42.3 Å². The van der Waals surface area contributed by atoms with Gasteiger partial charge < -0.3 is 4.90 Å². The molecule has 1 N–H and O–H groups in total. The fraction of sp³-hybridized carbons (Fsp3) is 0.933. The third kappa shape index (κ3) is 5.15. The molecule has 0 aromatic rings. The highest BCUT2D eigenvalue weighted by Gasteiger charge is 2.41. The van der Waals surface area contributed by atoms with Gasteiger partial charge in [-0.2, -0.15) is 18.4 Å². The maximum absolute atomic E-state index is 12.6. The maximum Gasteiger partial charge on any atom is 0.391 e. The number of halogens is 3. The predicted molar refractivity (Wildman–Crippen MR) is 74.6 cm³/mol. The Balaban J connectivity index is 1.66. The Kier molecular flexibility index (Phi) is 5.15. The van der Waals surface area contributed by atoms with E-state index < -0.39 is 17.6 Å². The molecule has 3 nitrogen and oxygen atoms in total. The molecule has 1 aliphatic carbocycles. The lowest BCUT2D eigenvalue weighted by molar-refractivity contribution is -0.185. The van der Waals surface area contributed by atoms with Crippen molar-refractivity contribution in [1.29, 1.82) is 5.26 Å². The van der Waals surface area contributed by atoms with E-state index in [2.05, 4.69) is 16.3 Å². The van der Waals surface area contributed by atoms with Gasteiger partial charge in [-0.15, -0.1) is 0 Å². The summed E-state index contributed by atoms with van der Waals surface area (Å²) in [4.78, 5) is 2.09. The average Bonchev–Trinajstić information content (AvgIpc) is 3.22. The lowest BCUT2D eigenvalue weighted by atomic mass is 9.94. The summed E-state index contributed by atoms with van der Waals surface area (Å²) < 4.78 is 37.8. The number of hydrogen-bond donors (Lipinski definition) is 1. The Bertz CT molecular complexity index is 379. The van der Waals surface area contributed by atoms with Crippen molar-refractivity contribution in [2.75, 3.05) is 19.6 Å². The van der Waals surface area contributed by atoms with Gasteiger partial charge >= 0.3 is 6.18 Å². The molecule has 1 saturated heterocycles. The number of piperidine rings is 1. The average molecular weight is 303 g/mol. The molecule has 1 heterocycles. The first-order chi connectivity index (χ1) is 9.82. The summed E-state index contributed by atoms with van der Waals surface area (Å²) in [5.41, 5.74) is -0.495. The summed E-state index contributed by atoms with van der Waals surface area (Å²) in [6.45, 7) is 3.74. The van der Waals surface area contributed by atoms with E-state index in [0.29, 0.717) is 19.1 Å². The third-order valence-corrected chi connectivity index (χ3v) is 4.55. The van der Waals surface area contributed by atoms with Gasteiger partial charge in [0.05, 0.1) is 12.0 Å². The number of nitrogens with zero attached hydrogens (tertiary/aromatic N) is 2. The molecule has 0 spiro atoms. The summed E-state index contributed by atoms with van der Waals surface area (Å²) in [6, 6.07) is 2.82. The number of alkyl halides is 3. The van der Waals surface area contributed by atoms with Gasteiger partial charge in [0.15, 0.2) is 0 Å². The molecule has 2 rings (SSSR count). The molecule has 1 unspecified atom stereocenters. The topological polar surface area (TPSA) is 39.1 Å². The monoisotopic (exact) mass is 303 g/mol. The van der Waals surface area contributed by atoms with E-state index in [-0.39, 0.29) is 12.8 Å². The van der Waals surface area contributed by atoms with Crippen molar-refractivity contribution >= 4 is 0 Å². The van der Waals surface area contributed by atoms with Crippen LogP contribution in [0.4, 0.5) is 13.2 Å². The molecule has 6 heteroatoms. The molecule has 1 atom stereocenters. The van der Waals surface area contributed by atoms with Crippen LogP contribution in [0.3, 0.4) is 0 Å². The van der Waals surface area contributed by atoms with Gasteiger partial charge in [0.2, 0.25) is 0 Å². The Morgan fingerprint density at radius 1 is 1.19 bits per heavy atom. The van der Waals surface area contributed by atoms with Crippen molar-refractivity contribution in [1.82, 2.24) is 10.2 Å². The van der Waals surface area contributed by atoms with Crippen LogP contribution in [0, 0.1) is 17.2 Å². The molecule has 2 aliphatic rings. The molecule has 120 valence electrons. The van der Waals surface area contributed by atoms with E-state index in [4.69, 9.17) is 0 Å². The second-order valence-electron chi connectivity index (χ2n) is 6.62. The van der Waals surface area contributed by atoms with E-state index in [1.165, 1.54) is 0 Å². The minimum absolute atomic E-state index is 0.208. The maximum atomic E-state index is 12.6. The van der Waals surface area contributed by atoms with Crippen LogP contribution >= 0.6 is 0 Å². The lowest BCUT2D eigenvalue weighted by Crippen LogP contribution is -2.43. The highest BCUT2D eigenvalue weighted by molar-refractivity contribution is 5.07. The zero-order valence-electron chi connectivity index (χ0n) is 12.5. The Morgan fingerprint density at radius 2 is 1.81 bits per heavy atom.